The molecule has 11 heavy (non-hydrogen) atoms. The van der Waals surface area contributed by atoms with E-state index < -0.39 is 0 Å². The molecule has 0 radical (unpaired) electrons. The second-order valence-electron chi connectivity index (χ2n) is 3.23. The smallest absolute Gasteiger partial charge is 0.0367 e. The Labute approximate surface area is 84.1 Å². The van der Waals surface area contributed by atoms with E-state index in [0.29, 0.717) is 0 Å². The van der Waals surface area contributed by atoms with Gasteiger partial charge in [-0.1, -0.05) is 58.2 Å². The molecule has 0 atom stereocenters. The minimum Gasteiger partial charge on any atom is -0.114 e. The number of halogens is 1. The number of hydrogen-bond acceptors (Lipinski definition) is 0. The SMILES string of the molecule is Br.CCC[SiH](CCC)CCC. The van der Waals surface area contributed by atoms with E-state index in [0.717, 1.165) is 0 Å². The molecule has 0 rings (SSSR count). The van der Waals surface area contributed by atoms with Crippen molar-refractivity contribution in [2.45, 2.75) is 58.2 Å². The Balaban J connectivity index is 0. The summed E-state index contributed by atoms with van der Waals surface area (Å²) >= 11 is 0. The summed E-state index contributed by atoms with van der Waals surface area (Å²) in [6.07, 6.45) is 4.28. The van der Waals surface area contributed by atoms with Crippen molar-refractivity contribution in [1.82, 2.24) is 0 Å². The van der Waals surface area contributed by atoms with Crippen LogP contribution in [0.1, 0.15) is 40.0 Å². The van der Waals surface area contributed by atoms with E-state index in [2.05, 4.69) is 20.8 Å². The van der Waals surface area contributed by atoms with Crippen molar-refractivity contribution in [3.8, 4) is 0 Å². The Hall–Kier alpha value is 0.697. The lowest BCUT2D eigenvalue weighted by atomic mass is 10.6. The zero-order valence-corrected chi connectivity index (χ0v) is 11.1. The molecule has 0 N–H and O–H groups in total. The Morgan fingerprint density at radius 3 is 1.18 bits per heavy atom. The molecule has 0 heterocycles. The summed E-state index contributed by atoms with van der Waals surface area (Å²) in [5.41, 5.74) is 0. The molecule has 2 heteroatoms. The van der Waals surface area contributed by atoms with Crippen molar-refractivity contribution in [3.05, 3.63) is 0 Å². The van der Waals surface area contributed by atoms with Gasteiger partial charge in [0.15, 0.2) is 0 Å². The average Bonchev–Trinajstić information content (AvgIpc) is 1.90. The second kappa shape index (κ2) is 10.7. The highest BCUT2D eigenvalue weighted by atomic mass is 79.9. The van der Waals surface area contributed by atoms with E-state index in [4.69, 9.17) is 0 Å². The average molecular weight is 239 g/mol. The fourth-order valence-electron chi connectivity index (χ4n) is 1.66. The Bertz CT molecular complexity index is 52.3. The van der Waals surface area contributed by atoms with Crippen LogP contribution in [0.2, 0.25) is 18.1 Å². The Morgan fingerprint density at radius 1 is 0.727 bits per heavy atom. The maximum atomic E-state index is 2.32. The van der Waals surface area contributed by atoms with E-state index in [1.54, 1.807) is 18.1 Å². The van der Waals surface area contributed by atoms with Gasteiger partial charge in [0.2, 0.25) is 0 Å². The highest BCUT2D eigenvalue weighted by molar-refractivity contribution is 8.93. The topological polar surface area (TPSA) is 0 Å². The van der Waals surface area contributed by atoms with Gasteiger partial charge in [0, 0.05) is 8.80 Å². The standard InChI is InChI=1S/C9H22Si.BrH/c1-4-7-10(8-5-2)9-6-3;/h10H,4-9H2,1-3H3;1H. The zero-order chi connectivity index (χ0) is 7.82. The molecular formula is C9H23BrSi. The van der Waals surface area contributed by atoms with Crippen molar-refractivity contribution >= 4 is 25.8 Å². The van der Waals surface area contributed by atoms with Crippen LogP contribution >= 0.6 is 17.0 Å². The first-order valence-electron chi connectivity index (χ1n) is 4.85. The van der Waals surface area contributed by atoms with Crippen molar-refractivity contribution in [1.29, 1.82) is 0 Å². The van der Waals surface area contributed by atoms with Crippen LogP contribution < -0.4 is 0 Å². The highest BCUT2D eigenvalue weighted by Gasteiger charge is 2.05. The van der Waals surface area contributed by atoms with E-state index >= 15 is 0 Å². The van der Waals surface area contributed by atoms with Gasteiger partial charge in [-0.15, -0.1) is 17.0 Å². The maximum absolute atomic E-state index is 2.32. The van der Waals surface area contributed by atoms with Gasteiger partial charge >= 0.3 is 0 Å². The molecular weight excluding hydrogens is 216 g/mol. The second-order valence-corrected chi connectivity index (χ2v) is 6.70. The molecule has 0 unspecified atom stereocenters. The van der Waals surface area contributed by atoms with Crippen LogP contribution in [0.5, 0.6) is 0 Å². The minimum atomic E-state index is -0.234. The molecule has 70 valence electrons. The lowest BCUT2D eigenvalue weighted by molar-refractivity contribution is 0.957. The highest BCUT2D eigenvalue weighted by Crippen LogP contribution is 2.11. The van der Waals surface area contributed by atoms with Crippen LogP contribution in [0.4, 0.5) is 0 Å². The monoisotopic (exact) mass is 238 g/mol. The van der Waals surface area contributed by atoms with Gasteiger partial charge in [-0.3, -0.25) is 0 Å². The van der Waals surface area contributed by atoms with Gasteiger partial charge in [0.25, 0.3) is 0 Å². The van der Waals surface area contributed by atoms with E-state index in [1.165, 1.54) is 19.3 Å². The molecule has 0 aromatic rings. The van der Waals surface area contributed by atoms with Gasteiger partial charge in [-0.2, -0.15) is 0 Å². The maximum Gasteiger partial charge on any atom is 0.0367 e. The first-order valence-corrected chi connectivity index (χ1v) is 7.30. The molecule has 0 aromatic heterocycles. The largest absolute Gasteiger partial charge is 0.114 e. The molecule has 0 aliphatic heterocycles. The molecule has 0 saturated carbocycles. The van der Waals surface area contributed by atoms with E-state index in [9.17, 15) is 0 Å². The Kier molecular flexibility index (Phi) is 13.8. The molecule has 0 saturated heterocycles. The third-order valence-corrected chi connectivity index (χ3v) is 6.27. The summed E-state index contributed by atoms with van der Waals surface area (Å²) in [5.74, 6) is 0. The van der Waals surface area contributed by atoms with E-state index in [-0.39, 0.29) is 25.8 Å². The van der Waals surface area contributed by atoms with Gasteiger partial charge < -0.3 is 0 Å². The fraction of sp³-hybridized carbons (Fsp3) is 1.00. The lowest BCUT2D eigenvalue weighted by Gasteiger charge is -2.10. The fourth-order valence-corrected chi connectivity index (χ4v) is 4.97. The summed E-state index contributed by atoms with van der Waals surface area (Å²) < 4.78 is 0. The summed E-state index contributed by atoms with van der Waals surface area (Å²) in [6, 6.07) is 4.76. The van der Waals surface area contributed by atoms with Gasteiger partial charge in [0.1, 0.15) is 0 Å². The third kappa shape index (κ3) is 8.60. The van der Waals surface area contributed by atoms with Crippen LogP contribution in [0.25, 0.3) is 0 Å². The van der Waals surface area contributed by atoms with Crippen molar-refractivity contribution in [2.24, 2.45) is 0 Å². The van der Waals surface area contributed by atoms with Crippen LogP contribution in [0.15, 0.2) is 0 Å². The molecule has 0 spiro atoms. The molecule has 0 aromatic carbocycles. The number of rotatable bonds is 6. The van der Waals surface area contributed by atoms with Crippen molar-refractivity contribution in [2.75, 3.05) is 0 Å². The van der Waals surface area contributed by atoms with Gasteiger partial charge in [0.05, 0.1) is 0 Å². The summed E-state index contributed by atoms with van der Waals surface area (Å²) in [5, 5.41) is 0. The normalized spacial score (nSPS) is 9.82. The van der Waals surface area contributed by atoms with Crippen molar-refractivity contribution < 1.29 is 0 Å². The molecule has 0 nitrogen and oxygen atoms in total. The van der Waals surface area contributed by atoms with Crippen LogP contribution in [-0.2, 0) is 0 Å². The number of hydrogen-bond donors (Lipinski definition) is 0. The summed E-state index contributed by atoms with van der Waals surface area (Å²) in [7, 11) is -0.234. The summed E-state index contributed by atoms with van der Waals surface area (Å²) in [4.78, 5) is 0. The molecule has 0 fully saturated rings. The quantitative estimate of drug-likeness (QED) is 0.614. The summed E-state index contributed by atoms with van der Waals surface area (Å²) in [6.45, 7) is 6.97. The molecule has 0 bridgehead atoms. The van der Waals surface area contributed by atoms with Crippen LogP contribution in [-0.4, -0.2) is 8.80 Å². The van der Waals surface area contributed by atoms with Gasteiger partial charge in [-0.25, -0.2) is 0 Å². The molecule has 0 aliphatic rings. The first kappa shape index (κ1) is 14.2. The van der Waals surface area contributed by atoms with Crippen LogP contribution in [0, 0.1) is 0 Å². The first-order chi connectivity index (χ1) is 4.85. The molecule has 0 amide bonds. The lowest BCUT2D eigenvalue weighted by Crippen LogP contribution is -2.09. The zero-order valence-electron chi connectivity index (χ0n) is 8.23. The van der Waals surface area contributed by atoms with Crippen LogP contribution in [0.3, 0.4) is 0 Å². The predicted molar refractivity (Wildman–Crippen MR) is 62.8 cm³/mol. The third-order valence-electron chi connectivity index (χ3n) is 2.09. The molecule has 0 aliphatic carbocycles. The van der Waals surface area contributed by atoms with E-state index in [1.807, 2.05) is 0 Å². The predicted octanol–water partition coefficient (Wildman–Crippen LogP) is 4.02. The Morgan fingerprint density at radius 2 is 1.00 bits per heavy atom. The van der Waals surface area contributed by atoms with Gasteiger partial charge in [-0.05, 0) is 0 Å². The minimum absolute atomic E-state index is 0. The van der Waals surface area contributed by atoms with Crippen molar-refractivity contribution in [3.63, 3.8) is 0 Å².